The summed E-state index contributed by atoms with van der Waals surface area (Å²) < 4.78 is 72.4. The molecule has 0 saturated carbocycles. The number of carbonyl (C=O) groups excluding carboxylic acids is 4. The molecular weight excluding hydrogens is 748 g/mol. The highest BCUT2D eigenvalue weighted by molar-refractivity contribution is 7.61. The maximum Gasteiger partial charge on any atom is 0.483 e. The molecular formula is C26H39N5O19P2. The average molecular weight is 788 g/mol. The molecule has 0 amide bonds. The number of hydrogen-bond donors (Lipinski definition) is 5. The second-order valence-electron chi connectivity index (χ2n) is 11.2. The minimum atomic E-state index is -5.80. The summed E-state index contributed by atoms with van der Waals surface area (Å²) in [5, 5.41) is 21.2. The smallest absolute Gasteiger partial charge is 0.465 e. The maximum absolute atomic E-state index is 13.0. The first kappa shape index (κ1) is 42.7. The normalized spacial score (nSPS) is 24.0. The zero-order valence-electron chi connectivity index (χ0n) is 28.4. The van der Waals surface area contributed by atoms with Crippen molar-refractivity contribution in [2.45, 2.75) is 83.8 Å². The van der Waals surface area contributed by atoms with E-state index < -0.39 is 108 Å². The largest absolute Gasteiger partial charge is 0.483 e. The Hall–Kier alpha value is -3.67. The standard InChI is InChI=1S/C26H39N5O19P2/c1-11(7-43-12(2)32)20(45-13(3)33)21(46-14(4)34)22(47-15(5)35)26(42-6)49-52(40,41)50-51(38,39)44-8-16-18(36)19(37)25(48-16)31-10-30-17-23(27)28-9-29-24(17)31/h9-11,16,18-22,25-26,36-37H,7-8H2,1-6H3,(H,38,39)(H,40,41)(H2,27,28,29). The Bertz CT molecular complexity index is 1690. The van der Waals surface area contributed by atoms with Gasteiger partial charge in [-0.15, -0.1) is 0 Å². The van der Waals surface area contributed by atoms with Crippen LogP contribution in [0.3, 0.4) is 0 Å². The Morgan fingerprint density at radius 1 is 0.904 bits per heavy atom. The van der Waals surface area contributed by atoms with Crippen LogP contribution in [0.2, 0.25) is 0 Å². The number of aliphatic hydroxyl groups is 2. The number of ether oxygens (including phenoxy) is 6. The Morgan fingerprint density at radius 3 is 2.08 bits per heavy atom. The number of anilines is 1. The lowest BCUT2D eigenvalue weighted by molar-refractivity contribution is -0.223. The highest BCUT2D eigenvalue weighted by Gasteiger charge is 2.50. The summed E-state index contributed by atoms with van der Waals surface area (Å²) in [5.41, 5.74) is 6.04. The number of fused-ring (bicyclic) bond motifs is 1. The first-order valence-corrected chi connectivity index (χ1v) is 18.0. The van der Waals surface area contributed by atoms with E-state index in [-0.39, 0.29) is 17.0 Å². The molecule has 0 spiro atoms. The Balaban J connectivity index is 1.79. The van der Waals surface area contributed by atoms with Crippen LogP contribution in [-0.2, 0) is 70.1 Å². The van der Waals surface area contributed by atoms with Gasteiger partial charge in [-0.3, -0.25) is 32.8 Å². The third kappa shape index (κ3) is 11.4. The molecule has 0 bridgehead atoms. The molecule has 11 unspecified atom stereocenters. The monoisotopic (exact) mass is 787 g/mol. The molecule has 1 aliphatic heterocycles. The molecule has 0 radical (unpaired) electrons. The van der Waals surface area contributed by atoms with Crippen LogP contribution < -0.4 is 5.73 Å². The van der Waals surface area contributed by atoms with Gasteiger partial charge in [0.25, 0.3) is 0 Å². The van der Waals surface area contributed by atoms with Gasteiger partial charge in [0.15, 0.2) is 29.9 Å². The molecule has 1 aliphatic rings. The number of hydrogen-bond acceptors (Lipinski definition) is 21. The number of nitrogen functional groups attached to an aromatic ring is 1. The van der Waals surface area contributed by atoms with Crippen LogP contribution in [0.1, 0.15) is 40.8 Å². The highest BCUT2D eigenvalue weighted by Crippen LogP contribution is 2.61. The second kappa shape index (κ2) is 17.9. The van der Waals surface area contributed by atoms with Crippen molar-refractivity contribution in [3.63, 3.8) is 0 Å². The van der Waals surface area contributed by atoms with E-state index in [9.17, 15) is 48.3 Å². The van der Waals surface area contributed by atoms with Gasteiger partial charge in [0.05, 0.1) is 19.5 Å². The number of esters is 4. The zero-order chi connectivity index (χ0) is 39.1. The van der Waals surface area contributed by atoms with E-state index in [1.54, 1.807) is 0 Å². The quantitative estimate of drug-likeness (QED) is 0.0536. The molecule has 24 nitrogen and oxygen atoms in total. The van der Waals surface area contributed by atoms with Crippen molar-refractivity contribution in [3.05, 3.63) is 12.7 Å². The molecule has 0 aliphatic carbocycles. The SMILES string of the molecule is COC(OP(=O)(O)OP(=O)(O)OCC1OC(n2cnc3c(N)ncnc32)C(O)C1O)C(OC(C)=O)C(OC(C)=O)C(OC(C)=O)C(C)COC(C)=O. The summed E-state index contributed by atoms with van der Waals surface area (Å²) in [6.07, 6.45) is -11.8. The molecule has 26 heteroatoms. The summed E-state index contributed by atoms with van der Waals surface area (Å²) in [5.74, 6) is -4.76. The van der Waals surface area contributed by atoms with E-state index in [0.717, 1.165) is 41.1 Å². The fourth-order valence-corrected chi connectivity index (χ4v) is 7.08. The number of phosphoric acid groups is 2. The van der Waals surface area contributed by atoms with Gasteiger partial charge < -0.3 is 54.2 Å². The first-order valence-electron chi connectivity index (χ1n) is 15.0. The van der Waals surface area contributed by atoms with Gasteiger partial charge in [0, 0.05) is 40.7 Å². The van der Waals surface area contributed by atoms with Crippen LogP contribution in [0.25, 0.3) is 11.2 Å². The molecule has 2 aromatic rings. The number of nitrogens with two attached hydrogens (primary N) is 1. The summed E-state index contributed by atoms with van der Waals surface area (Å²) in [4.78, 5) is 80.4. The van der Waals surface area contributed by atoms with Crippen molar-refractivity contribution < 1.29 is 90.1 Å². The van der Waals surface area contributed by atoms with E-state index >= 15 is 0 Å². The molecule has 11 atom stereocenters. The molecule has 1 fully saturated rings. The fraction of sp³-hybridized carbons (Fsp3) is 0.654. The molecule has 292 valence electrons. The number of phosphoric ester groups is 2. The van der Waals surface area contributed by atoms with E-state index in [2.05, 4.69) is 19.3 Å². The van der Waals surface area contributed by atoms with Crippen molar-refractivity contribution in [3.8, 4) is 0 Å². The summed E-state index contributed by atoms with van der Waals surface area (Å²) in [6, 6.07) is 0. The number of nitrogens with zero attached hydrogens (tertiary/aromatic N) is 4. The van der Waals surface area contributed by atoms with Crippen LogP contribution in [0.5, 0.6) is 0 Å². The number of rotatable bonds is 18. The van der Waals surface area contributed by atoms with Crippen LogP contribution in [0, 0.1) is 5.92 Å². The minimum Gasteiger partial charge on any atom is -0.465 e. The predicted molar refractivity (Wildman–Crippen MR) is 167 cm³/mol. The highest BCUT2D eigenvalue weighted by atomic mass is 31.3. The van der Waals surface area contributed by atoms with E-state index in [1.165, 1.54) is 17.8 Å². The summed E-state index contributed by atoms with van der Waals surface area (Å²) in [7, 11) is -10.5. The molecule has 6 N–H and O–H groups in total. The van der Waals surface area contributed by atoms with Crippen LogP contribution in [-0.4, -0.2) is 127 Å². The van der Waals surface area contributed by atoms with Gasteiger partial charge in [0.2, 0.25) is 6.29 Å². The number of imidazole rings is 1. The Kier molecular flexibility index (Phi) is 14.7. The van der Waals surface area contributed by atoms with E-state index in [4.69, 9.17) is 43.2 Å². The van der Waals surface area contributed by atoms with Gasteiger partial charge in [-0.2, -0.15) is 4.31 Å². The van der Waals surface area contributed by atoms with Gasteiger partial charge >= 0.3 is 39.5 Å². The molecule has 0 aromatic carbocycles. The van der Waals surface area contributed by atoms with Crippen molar-refractivity contribution >= 4 is 56.5 Å². The third-order valence-electron chi connectivity index (χ3n) is 7.01. The summed E-state index contributed by atoms with van der Waals surface area (Å²) in [6.45, 7) is 3.87. The van der Waals surface area contributed by atoms with Gasteiger partial charge in [0.1, 0.15) is 36.3 Å². The van der Waals surface area contributed by atoms with Crippen LogP contribution in [0.4, 0.5) is 5.82 Å². The second-order valence-corrected chi connectivity index (χ2v) is 14.2. The van der Waals surface area contributed by atoms with Gasteiger partial charge in [-0.1, -0.05) is 6.92 Å². The van der Waals surface area contributed by atoms with Crippen LogP contribution >= 0.6 is 15.6 Å². The maximum atomic E-state index is 13.0. The Morgan fingerprint density at radius 2 is 1.50 bits per heavy atom. The van der Waals surface area contributed by atoms with Gasteiger partial charge in [-0.25, -0.2) is 24.1 Å². The number of methoxy groups -OCH3 is 1. The molecule has 1 saturated heterocycles. The number of aromatic nitrogens is 4. The fourth-order valence-electron chi connectivity index (χ4n) is 4.89. The Labute approximate surface area is 294 Å². The predicted octanol–water partition coefficient (Wildman–Crippen LogP) is -0.755. The first-order chi connectivity index (χ1) is 24.2. The van der Waals surface area contributed by atoms with E-state index in [0.29, 0.717) is 0 Å². The topological polar surface area (TPSA) is 336 Å². The summed E-state index contributed by atoms with van der Waals surface area (Å²) >= 11 is 0. The van der Waals surface area contributed by atoms with Crippen molar-refractivity contribution in [1.82, 2.24) is 19.5 Å². The third-order valence-corrected chi connectivity index (χ3v) is 9.61. The lowest BCUT2D eigenvalue weighted by Gasteiger charge is -2.37. The minimum absolute atomic E-state index is 0.0144. The van der Waals surface area contributed by atoms with Crippen molar-refractivity contribution in [2.24, 2.45) is 5.92 Å². The lowest BCUT2D eigenvalue weighted by atomic mass is 9.95. The molecule has 3 heterocycles. The zero-order valence-corrected chi connectivity index (χ0v) is 30.2. The van der Waals surface area contributed by atoms with Gasteiger partial charge in [-0.05, 0) is 0 Å². The molecule has 2 aromatic heterocycles. The number of aliphatic hydroxyl groups excluding tert-OH is 2. The van der Waals surface area contributed by atoms with Crippen LogP contribution in [0.15, 0.2) is 12.7 Å². The molecule has 52 heavy (non-hydrogen) atoms. The molecule has 3 rings (SSSR count). The van der Waals surface area contributed by atoms with E-state index in [1.807, 2.05) is 0 Å². The van der Waals surface area contributed by atoms with Crippen molar-refractivity contribution in [2.75, 3.05) is 26.1 Å². The average Bonchev–Trinajstić information content (AvgIpc) is 3.58. The van der Waals surface area contributed by atoms with Crippen molar-refractivity contribution in [1.29, 1.82) is 0 Å². The number of carbonyl (C=O) groups is 4. The lowest BCUT2D eigenvalue weighted by Crippen LogP contribution is -2.54.